The number of nitro benzene ring substituents is 1. The number of alkyl halides is 3. The van der Waals surface area contributed by atoms with E-state index in [0.717, 1.165) is 11.0 Å². The summed E-state index contributed by atoms with van der Waals surface area (Å²) < 4.78 is 41.4. The molecule has 0 aromatic heterocycles. The van der Waals surface area contributed by atoms with Gasteiger partial charge in [0.15, 0.2) is 6.04 Å². The summed E-state index contributed by atoms with van der Waals surface area (Å²) >= 11 is 5.90. The number of hydrogen-bond acceptors (Lipinski definition) is 4. The van der Waals surface area contributed by atoms with Crippen molar-refractivity contribution in [2.75, 3.05) is 4.90 Å². The first-order chi connectivity index (χ1) is 13.1. The summed E-state index contributed by atoms with van der Waals surface area (Å²) in [7, 11) is 0. The minimum absolute atomic E-state index is 0.162. The van der Waals surface area contributed by atoms with Crippen molar-refractivity contribution in [3.8, 4) is 0 Å². The Hall–Kier alpha value is -3.07. The predicted molar refractivity (Wildman–Crippen MR) is 96.2 cm³/mol. The van der Waals surface area contributed by atoms with Crippen molar-refractivity contribution in [1.82, 2.24) is 0 Å². The number of rotatable bonds is 4. The third-order valence-electron chi connectivity index (χ3n) is 4.27. The number of carbonyl (C=O) groups is 1. The van der Waals surface area contributed by atoms with E-state index in [1.165, 1.54) is 42.5 Å². The zero-order valence-electron chi connectivity index (χ0n) is 14.0. The number of benzene rings is 2. The maximum absolute atomic E-state index is 13.8. The maximum Gasteiger partial charge on any atom is 0.413 e. The van der Waals surface area contributed by atoms with Crippen LogP contribution in [-0.4, -0.2) is 28.2 Å². The lowest BCUT2D eigenvalue weighted by Gasteiger charge is -2.39. The fraction of sp³-hybridized carbons (Fsp3) is 0.167. The second kappa shape index (κ2) is 7.16. The number of aliphatic carboxylic acids is 1. The number of anilines is 1. The number of nitrogens with zero attached hydrogens (tertiary/aromatic N) is 2. The van der Waals surface area contributed by atoms with Crippen LogP contribution in [0.4, 0.5) is 24.5 Å². The number of hydrogen-bond donors (Lipinski definition) is 1. The molecule has 0 aliphatic carbocycles. The second-order valence-electron chi connectivity index (χ2n) is 6.10. The third-order valence-corrected chi connectivity index (χ3v) is 4.51. The Bertz CT molecular complexity index is 974. The van der Waals surface area contributed by atoms with Gasteiger partial charge >= 0.3 is 12.1 Å². The Labute approximate surface area is 161 Å². The highest BCUT2D eigenvalue weighted by Gasteiger charge is 2.50. The summed E-state index contributed by atoms with van der Waals surface area (Å²) in [4.78, 5) is 22.6. The molecule has 0 amide bonds. The van der Waals surface area contributed by atoms with Gasteiger partial charge in [-0.25, -0.2) is 4.79 Å². The highest BCUT2D eigenvalue weighted by atomic mass is 35.5. The molecule has 2 aromatic rings. The second-order valence-corrected chi connectivity index (χ2v) is 6.54. The summed E-state index contributed by atoms with van der Waals surface area (Å²) in [5.41, 5.74) is -0.271. The molecule has 1 aliphatic heterocycles. The third kappa shape index (κ3) is 3.79. The Kier molecular flexibility index (Phi) is 5.03. The lowest BCUT2D eigenvalue weighted by molar-refractivity contribution is -0.384. The van der Waals surface area contributed by atoms with Crippen LogP contribution in [0.2, 0.25) is 5.02 Å². The van der Waals surface area contributed by atoms with Crippen molar-refractivity contribution >= 4 is 35.0 Å². The van der Waals surface area contributed by atoms with Crippen LogP contribution in [0, 0.1) is 10.1 Å². The van der Waals surface area contributed by atoms with Gasteiger partial charge in [-0.05, 0) is 35.4 Å². The smallest absolute Gasteiger partial charge is 0.413 e. The molecular formula is C18H12ClF3N2O4. The summed E-state index contributed by atoms with van der Waals surface area (Å²) in [6.07, 6.45) is -3.89. The van der Waals surface area contributed by atoms with Gasteiger partial charge in [-0.3, -0.25) is 10.1 Å². The molecular weight excluding hydrogens is 401 g/mol. The van der Waals surface area contributed by atoms with Crippen molar-refractivity contribution in [3.63, 3.8) is 0 Å². The van der Waals surface area contributed by atoms with Crippen LogP contribution in [0.15, 0.2) is 48.0 Å². The maximum atomic E-state index is 13.8. The van der Waals surface area contributed by atoms with Crippen LogP contribution in [0.3, 0.4) is 0 Å². The number of nitro groups is 1. The van der Waals surface area contributed by atoms with Crippen molar-refractivity contribution in [3.05, 3.63) is 74.3 Å². The Balaban J connectivity index is 2.10. The summed E-state index contributed by atoms with van der Waals surface area (Å²) in [6, 6.07) is 6.83. The van der Waals surface area contributed by atoms with Crippen LogP contribution >= 0.6 is 11.6 Å². The molecule has 2 aromatic carbocycles. The topological polar surface area (TPSA) is 83.7 Å². The van der Waals surface area contributed by atoms with Gasteiger partial charge in [-0.15, -0.1) is 0 Å². The van der Waals surface area contributed by atoms with Crippen molar-refractivity contribution in [2.24, 2.45) is 0 Å². The average Bonchev–Trinajstić information content (AvgIpc) is 2.60. The van der Waals surface area contributed by atoms with Gasteiger partial charge in [0.1, 0.15) is 0 Å². The van der Waals surface area contributed by atoms with Gasteiger partial charge in [0, 0.05) is 29.4 Å². The molecule has 28 heavy (non-hydrogen) atoms. The van der Waals surface area contributed by atoms with E-state index >= 15 is 0 Å². The van der Waals surface area contributed by atoms with E-state index < -0.39 is 28.7 Å². The van der Waals surface area contributed by atoms with Crippen LogP contribution < -0.4 is 4.90 Å². The zero-order valence-corrected chi connectivity index (χ0v) is 14.7. The van der Waals surface area contributed by atoms with Crippen LogP contribution in [0.25, 0.3) is 6.08 Å². The number of carboxylic acid groups (broad SMARTS) is 1. The van der Waals surface area contributed by atoms with Crippen molar-refractivity contribution < 1.29 is 28.0 Å². The largest absolute Gasteiger partial charge is 0.478 e. The van der Waals surface area contributed by atoms with Gasteiger partial charge in [-0.1, -0.05) is 23.7 Å². The van der Waals surface area contributed by atoms with Crippen LogP contribution in [0.1, 0.15) is 11.1 Å². The molecule has 0 saturated carbocycles. The van der Waals surface area contributed by atoms with E-state index in [2.05, 4.69) is 0 Å². The number of carboxylic acids is 1. The van der Waals surface area contributed by atoms with Crippen molar-refractivity contribution in [1.29, 1.82) is 0 Å². The molecule has 0 saturated heterocycles. The molecule has 1 atom stereocenters. The fourth-order valence-electron chi connectivity index (χ4n) is 3.08. The lowest BCUT2D eigenvalue weighted by atomic mass is 9.94. The first-order valence-electron chi connectivity index (χ1n) is 7.89. The number of halogens is 4. The molecule has 1 heterocycles. The van der Waals surface area contributed by atoms with Crippen molar-refractivity contribution in [2.45, 2.75) is 18.8 Å². The quantitative estimate of drug-likeness (QED) is 0.583. The number of fused-ring (bicyclic) bond motifs is 1. The molecule has 0 fully saturated rings. The molecule has 6 nitrogen and oxygen atoms in total. The Morgan fingerprint density at radius 3 is 2.39 bits per heavy atom. The standard InChI is InChI=1S/C18H12ClF3N2O4/c19-12-3-6-15-11(7-12)8-14(17(25)26)16(18(20,21)22)23(15)9-10-1-4-13(5-2-10)24(27)28/h1-8,16H,9H2,(H,25,26)/t16-/m0/s1. The monoisotopic (exact) mass is 412 g/mol. The molecule has 0 spiro atoms. The van der Waals surface area contributed by atoms with Gasteiger partial charge in [0.25, 0.3) is 5.69 Å². The minimum Gasteiger partial charge on any atom is -0.478 e. The molecule has 146 valence electrons. The van der Waals surface area contributed by atoms with E-state index in [-0.39, 0.29) is 28.5 Å². The summed E-state index contributed by atoms with van der Waals surface area (Å²) in [6.45, 7) is -0.304. The molecule has 0 unspecified atom stereocenters. The lowest BCUT2D eigenvalue weighted by Crippen LogP contribution is -2.50. The van der Waals surface area contributed by atoms with E-state index in [4.69, 9.17) is 11.6 Å². The first kappa shape index (κ1) is 19.7. The zero-order chi connectivity index (χ0) is 20.6. The SMILES string of the molecule is O=C(O)C1=Cc2cc(Cl)ccc2N(Cc2ccc([N+](=O)[O-])cc2)[C@@H]1C(F)(F)F. The van der Waals surface area contributed by atoms with Gasteiger partial charge in [0.2, 0.25) is 0 Å². The Morgan fingerprint density at radius 2 is 1.86 bits per heavy atom. The fourth-order valence-corrected chi connectivity index (χ4v) is 3.26. The molecule has 1 aliphatic rings. The number of non-ortho nitro benzene ring substituents is 1. The van der Waals surface area contributed by atoms with Crippen LogP contribution in [0.5, 0.6) is 0 Å². The summed E-state index contributed by atoms with van der Waals surface area (Å²) in [5, 5.41) is 20.4. The highest BCUT2D eigenvalue weighted by molar-refractivity contribution is 6.30. The Morgan fingerprint density at radius 1 is 1.21 bits per heavy atom. The van der Waals surface area contributed by atoms with Gasteiger partial charge in [0.05, 0.1) is 10.5 Å². The van der Waals surface area contributed by atoms with Gasteiger partial charge in [-0.2, -0.15) is 13.2 Å². The predicted octanol–water partition coefficient (Wildman–Crippen LogP) is 4.67. The molecule has 10 heteroatoms. The molecule has 3 rings (SSSR count). The van der Waals surface area contributed by atoms with E-state index in [1.807, 2.05) is 0 Å². The van der Waals surface area contributed by atoms with Gasteiger partial charge < -0.3 is 10.0 Å². The minimum atomic E-state index is -4.86. The van der Waals surface area contributed by atoms with Crippen LogP contribution in [-0.2, 0) is 11.3 Å². The van der Waals surface area contributed by atoms with E-state index in [9.17, 15) is 33.2 Å². The normalized spacial score (nSPS) is 16.4. The molecule has 0 radical (unpaired) electrons. The van der Waals surface area contributed by atoms with E-state index in [1.54, 1.807) is 0 Å². The first-order valence-corrected chi connectivity index (χ1v) is 8.27. The molecule has 1 N–H and O–H groups in total. The van der Waals surface area contributed by atoms with E-state index in [0.29, 0.717) is 5.56 Å². The molecule has 0 bridgehead atoms. The average molecular weight is 413 g/mol. The highest BCUT2D eigenvalue weighted by Crippen LogP contribution is 2.41. The summed E-state index contributed by atoms with van der Waals surface area (Å²) in [5.74, 6) is -1.69.